The van der Waals surface area contributed by atoms with Crippen molar-refractivity contribution >= 4 is 17.4 Å². The number of ether oxygens (including phenoxy) is 1. The molecule has 0 atom stereocenters. The molecule has 0 radical (unpaired) electrons. The molecular formula is C23H21NO3. The summed E-state index contributed by atoms with van der Waals surface area (Å²) in [7, 11) is 0. The van der Waals surface area contributed by atoms with Crippen molar-refractivity contribution in [2.45, 2.75) is 19.4 Å². The Balaban J connectivity index is 1.45. The Morgan fingerprint density at radius 3 is 2.04 bits per heavy atom. The first kappa shape index (κ1) is 18.4. The molecule has 27 heavy (non-hydrogen) atoms. The van der Waals surface area contributed by atoms with Crippen LogP contribution in [0.1, 0.15) is 28.8 Å². The lowest BCUT2D eigenvalue weighted by molar-refractivity contribution is -0.116. The smallest absolute Gasteiger partial charge is 0.224 e. The molecule has 0 bridgehead atoms. The molecule has 0 aliphatic heterocycles. The molecule has 3 aromatic rings. The van der Waals surface area contributed by atoms with Crippen molar-refractivity contribution in [1.29, 1.82) is 0 Å². The molecule has 0 unspecified atom stereocenters. The van der Waals surface area contributed by atoms with Gasteiger partial charge in [0.25, 0.3) is 0 Å². The summed E-state index contributed by atoms with van der Waals surface area (Å²) >= 11 is 0. The molecular weight excluding hydrogens is 338 g/mol. The fourth-order valence-electron chi connectivity index (χ4n) is 2.59. The third kappa shape index (κ3) is 5.82. The van der Waals surface area contributed by atoms with Crippen LogP contribution in [0.5, 0.6) is 5.75 Å². The molecule has 0 spiro atoms. The van der Waals surface area contributed by atoms with Gasteiger partial charge in [-0.25, -0.2) is 0 Å². The largest absolute Gasteiger partial charge is 0.489 e. The highest BCUT2D eigenvalue weighted by atomic mass is 16.5. The average molecular weight is 359 g/mol. The number of carbonyl (C=O) groups is 2. The van der Waals surface area contributed by atoms with Gasteiger partial charge in [0.1, 0.15) is 12.4 Å². The van der Waals surface area contributed by atoms with E-state index < -0.39 is 0 Å². The zero-order chi connectivity index (χ0) is 18.9. The molecule has 0 fully saturated rings. The molecule has 136 valence electrons. The second-order valence-electron chi connectivity index (χ2n) is 6.14. The Kier molecular flexibility index (Phi) is 6.36. The number of nitrogens with one attached hydrogen (secondary N) is 1. The molecule has 3 rings (SSSR count). The first-order valence-corrected chi connectivity index (χ1v) is 8.85. The first-order chi connectivity index (χ1) is 13.2. The summed E-state index contributed by atoms with van der Waals surface area (Å²) in [5, 5.41) is 2.80. The summed E-state index contributed by atoms with van der Waals surface area (Å²) < 4.78 is 5.72. The Labute approximate surface area is 158 Å². The minimum Gasteiger partial charge on any atom is -0.489 e. The fraction of sp³-hybridized carbons (Fsp3) is 0.130. The van der Waals surface area contributed by atoms with Crippen LogP contribution < -0.4 is 10.1 Å². The highest BCUT2D eigenvalue weighted by molar-refractivity contribution is 5.99. The van der Waals surface area contributed by atoms with Crippen molar-refractivity contribution in [2.75, 3.05) is 5.32 Å². The lowest BCUT2D eigenvalue weighted by Crippen LogP contribution is -2.13. The van der Waals surface area contributed by atoms with E-state index in [-0.39, 0.29) is 24.5 Å². The molecule has 0 heterocycles. The van der Waals surface area contributed by atoms with Gasteiger partial charge in [0.05, 0.1) is 0 Å². The first-order valence-electron chi connectivity index (χ1n) is 8.85. The number of benzene rings is 3. The second-order valence-corrected chi connectivity index (χ2v) is 6.14. The lowest BCUT2D eigenvalue weighted by atomic mass is 10.1. The third-order valence-corrected chi connectivity index (χ3v) is 4.06. The summed E-state index contributed by atoms with van der Waals surface area (Å²) in [6, 6.07) is 26.1. The van der Waals surface area contributed by atoms with Gasteiger partial charge in [0.2, 0.25) is 5.91 Å². The number of Topliss-reactive ketones (excluding diaryl/α,β-unsaturated/α-hetero) is 1. The van der Waals surface area contributed by atoms with E-state index in [4.69, 9.17) is 4.74 Å². The fourth-order valence-corrected chi connectivity index (χ4v) is 2.59. The molecule has 1 amide bonds. The van der Waals surface area contributed by atoms with E-state index in [9.17, 15) is 9.59 Å². The van der Waals surface area contributed by atoms with E-state index in [1.165, 1.54) is 0 Å². The highest BCUT2D eigenvalue weighted by Crippen LogP contribution is 2.17. The molecule has 4 nitrogen and oxygen atoms in total. The standard InChI is InChI=1S/C23H21NO3/c25-22(19-9-5-2-6-10-19)15-16-23(26)24-20-11-13-21(14-12-20)27-17-18-7-3-1-4-8-18/h1-14H,15-17H2,(H,24,26). The van der Waals surface area contributed by atoms with Gasteiger partial charge in [0.15, 0.2) is 5.78 Å². The summed E-state index contributed by atoms with van der Waals surface area (Å²) in [6.07, 6.45) is 0.341. The summed E-state index contributed by atoms with van der Waals surface area (Å²) in [4.78, 5) is 24.1. The van der Waals surface area contributed by atoms with Crippen LogP contribution in [0.25, 0.3) is 0 Å². The van der Waals surface area contributed by atoms with Crippen molar-refractivity contribution in [3.63, 3.8) is 0 Å². The Hall–Kier alpha value is -3.40. The minimum atomic E-state index is -0.183. The van der Waals surface area contributed by atoms with Crippen molar-refractivity contribution in [2.24, 2.45) is 0 Å². The molecule has 0 aromatic heterocycles. The van der Waals surface area contributed by atoms with Gasteiger partial charge in [-0.3, -0.25) is 9.59 Å². The third-order valence-electron chi connectivity index (χ3n) is 4.06. The number of hydrogen-bond donors (Lipinski definition) is 1. The number of hydrogen-bond acceptors (Lipinski definition) is 3. The van der Waals surface area contributed by atoms with Gasteiger partial charge in [-0.1, -0.05) is 60.7 Å². The van der Waals surface area contributed by atoms with Crippen LogP contribution >= 0.6 is 0 Å². The molecule has 1 N–H and O–H groups in total. The van der Waals surface area contributed by atoms with E-state index in [2.05, 4.69) is 5.32 Å². The molecule has 0 saturated heterocycles. The van der Waals surface area contributed by atoms with Crippen LogP contribution in [0.15, 0.2) is 84.9 Å². The maximum Gasteiger partial charge on any atom is 0.224 e. The topological polar surface area (TPSA) is 55.4 Å². The molecule has 0 aliphatic rings. The summed E-state index contributed by atoms with van der Waals surface area (Å²) in [6.45, 7) is 0.494. The lowest BCUT2D eigenvalue weighted by Gasteiger charge is -2.08. The van der Waals surface area contributed by atoms with Gasteiger partial charge < -0.3 is 10.1 Å². The number of ketones is 1. The Bertz CT molecular complexity index is 875. The summed E-state index contributed by atoms with van der Waals surface area (Å²) in [5.74, 6) is 0.517. The number of carbonyl (C=O) groups excluding carboxylic acids is 2. The monoisotopic (exact) mass is 359 g/mol. The molecule has 4 heteroatoms. The second kappa shape index (κ2) is 9.34. The minimum absolute atomic E-state index is 0.0320. The van der Waals surface area contributed by atoms with Crippen molar-refractivity contribution in [3.05, 3.63) is 96.1 Å². The number of rotatable bonds is 8. The van der Waals surface area contributed by atoms with Crippen molar-refractivity contribution < 1.29 is 14.3 Å². The SMILES string of the molecule is O=C(CCC(=O)c1ccccc1)Nc1ccc(OCc2ccccc2)cc1. The quantitative estimate of drug-likeness (QED) is 0.584. The van der Waals surface area contributed by atoms with Crippen LogP contribution in [0.3, 0.4) is 0 Å². The van der Waals surface area contributed by atoms with Crippen molar-refractivity contribution in [3.8, 4) is 5.75 Å². The zero-order valence-corrected chi connectivity index (χ0v) is 14.9. The number of amides is 1. The normalized spacial score (nSPS) is 10.2. The highest BCUT2D eigenvalue weighted by Gasteiger charge is 2.09. The van der Waals surface area contributed by atoms with Crippen LogP contribution in [-0.2, 0) is 11.4 Å². The van der Waals surface area contributed by atoms with Gasteiger partial charge in [-0.05, 0) is 29.8 Å². The molecule has 0 aliphatic carbocycles. The summed E-state index contributed by atoms with van der Waals surface area (Å²) in [5.41, 5.74) is 2.41. The molecule has 3 aromatic carbocycles. The van der Waals surface area contributed by atoms with Crippen molar-refractivity contribution in [1.82, 2.24) is 0 Å². The average Bonchev–Trinajstić information content (AvgIpc) is 2.73. The van der Waals surface area contributed by atoms with Crippen LogP contribution in [0, 0.1) is 0 Å². The van der Waals surface area contributed by atoms with Gasteiger partial charge in [0, 0.05) is 24.1 Å². The van der Waals surface area contributed by atoms with Crippen LogP contribution in [0.2, 0.25) is 0 Å². The maximum atomic E-state index is 12.0. The Morgan fingerprint density at radius 2 is 1.37 bits per heavy atom. The predicted molar refractivity (Wildman–Crippen MR) is 106 cm³/mol. The van der Waals surface area contributed by atoms with Gasteiger partial charge >= 0.3 is 0 Å². The van der Waals surface area contributed by atoms with E-state index in [0.717, 1.165) is 11.3 Å². The van der Waals surface area contributed by atoms with E-state index in [1.807, 2.05) is 60.7 Å². The van der Waals surface area contributed by atoms with Crippen LogP contribution in [-0.4, -0.2) is 11.7 Å². The van der Waals surface area contributed by atoms with Crippen LogP contribution in [0.4, 0.5) is 5.69 Å². The maximum absolute atomic E-state index is 12.0. The predicted octanol–water partition coefficient (Wildman–Crippen LogP) is 4.87. The van der Waals surface area contributed by atoms with E-state index in [0.29, 0.717) is 17.9 Å². The number of anilines is 1. The zero-order valence-electron chi connectivity index (χ0n) is 14.9. The molecule has 0 saturated carbocycles. The van der Waals surface area contributed by atoms with E-state index >= 15 is 0 Å². The van der Waals surface area contributed by atoms with E-state index in [1.54, 1.807) is 24.3 Å². The van der Waals surface area contributed by atoms with Gasteiger partial charge in [-0.2, -0.15) is 0 Å². The Morgan fingerprint density at radius 1 is 0.741 bits per heavy atom. The van der Waals surface area contributed by atoms with Gasteiger partial charge in [-0.15, -0.1) is 0 Å².